The molecule has 0 bridgehead atoms. The Morgan fingerprint density at radius 3 is 2.88 bits per heavy atom. The average Bonchev–Trinajstić information content (AvgIpc) is 2.79. The van der Waals surface area contributed by atoms with Crippen molar-refractivity contribution in [3.05, 3.63) is 0 Å². The highest BCUT2D eigenvalue weighted by Gasteiger charge is 2.21. The van der Waals surface area contributed by atoms with Gasteiger partial charge in [0.2, 0.25) is 0 Å². The molecule has 0 aliphatic carbocycles. The SMILES string of the molecule is CCCC1CCN(CCCC2CCCCN2)C1. The van der Waals surface area contributed by atoms with Gasteiger partial charge < -0.3 is 10.2 Å². The maximum absolute atomic E-state index is 3.66. The van der Waals surface area contributed by atoms with Crippen molar-refractivity contribution in [2.75, 3.05) is 26.2 Å². The lowest BCUT2D eigenvalue weighted by Gasteiger charge is -2.24. The lowest BCUT2D eigenvalue weighted by atomic mass is 10.0. The van der Waals surface area contributed by atoms with Crippen molar-refractivity contribution in [3.8, 4) is 0 Å². The highest BCUT2D eigenvalue weighted by Crippen LogP contribution is 2.21. The molecule has 1 N–H and O–H groups in total. The number of nitrogens with zero attached hydrogens (tertiary/aromatic N) is 1. The summed E-state index contributed by atoms with van der Waals surface area (Å²) in [6.07, 6.45) is 11.3. The average molecular weight is 238 g/mol. The second-order valence-corrected chi connectivity index (χ2v) is 6.03. The summed E-state index contributed by atoms with van der Waals surface area (Å²) in [4.78, 5) is 2.70. The van der Waals surface area contributed by atoms with Crippen LogP contribution in [0.2, 0.25) is 0 Å². The Bertz CT molecular complexity index is 199. The van der Waals surface area contributed by atoms with Crippen LogP contribution in [0.3, 0.4) is 0 Å². The molecular weight excluding hydrogens is 208 g/mol. The molecule has 2 heterocycles. The van der Waals surface area contributed by atoms with Crippen LogP contribution in [0.25, 0.3) is 0 Å². The van der Waals surface area contributed by atoms with E-state index < -0.39 is 0 Å². The van der Waals surface area contributed by atoms with Crippen LogP contribution in [-0.4, -0.2) is 37.1 Å². The molecule has 2 heteroatoms. The van der Waals surface area contributed by atoms with E-state index in [4.69, 9.17) is 0 Å². The molecule has 0 radical (unpaired) electrons. The summed E-state index contributed by atoms with van der Waals surface area (Å²) in [6, 6.07) is 0.831. The second-order valence-electron chi connectivity index (χ2n) is 6.03. The second kappa shape index (κ2) is 7.38. The Labute approximate surface area is 107 Å². The van der Waals surface area contributed by atoms with Crippen molar-refractivity contribution in [1.82, 2.24) is 10.2 Å². The van der Waals surface area contributed by atoms with E-state index in [2.05, 4.69) is 17.1 Å². The fourth-order valence-corrected chi connectivity index (χ4v) is 3.49. The van der Waals surface area contributed by atoms with Crippen LogP contribution in [-0.2, 0) is 0 Å². The van der Waals surface area contributed by atoms with Crippen LogP contribution in [0.4, 0.5) is 0 Å². The number of rotatable bonds is 6. The molecule has 2 atom stereocenters. The van der Waals surface area contributed by atoms with Gasteiger partial charge in [0, 0.05) is 12.6 Å². The van der Waals surface area contributed by atoms with Gasteiger partial charge in [-0.25, -0.2) is 0 Å². The summed E-state index contributed by atoms with van der Waals surface area (Å²) in [5, 5.41) is 3.66. The quantitative estimate of drug-likeness (QED) is 0.765. The normalized spacial score (nSPS) is 30.9. The Hall–Kier alpha value is -0.0800. The third-order valence-electron chi connectivity index (χ3n) is 4.51. The lowest BCUT2D eigenvalue weighted by molar-refractivity contribution is 0.294. The molecule has 0 aromatic heterocycles. The zero-order chi connectivity index (χ0) is 11.9. The van der Waals surface area contributed by atoms with Gasteiger partial charge in [0.1, 0.15) is 0 Å². The molecule has 2 saturated heterocycles. The molecule has 2 fully saturated rings. The molecular formula is C15H30N2. The monoisotopic (exact) mass is 238 g/mol. The topological polar surface area (TPSA) is 15.3 Å². The third kappa shape index (κ3) is 4.59. The Kier molecular flexibility index (Phi) is 5.79. The van der Waals surface area contributed by atoms with E-state index in [1.807, 2.05) is 0 Å². The summed E-state index contributed by atoms with van der Waals surface area (Å²) >= 11 is 0. The number of hydrogen-bond acceptors (Lipinski definition) is 2. The number of hydrogen-bond donors (Lipinski definition) is 1. The predicted molar refractivity (Wildman–Crippen MR) is 74.3 cm³/mol. The first-order valence-corrected chi connectivity index (χ1v) is 7.84. The van der Waals surface area contributed by atoms with E-state index in [-0.39, 0.29) is 0 Å². The molecule has 17 heavy (non-hydrogen) atoms. The number of likely N-dealkylation sites (tertiary alicyclic amines) is 1. The molecule has 2 aliphatic heterocycles. The molecule has 2 nitrogen and oxygen atoms in total. The molecule has 100 valence electrons. The van der Waals surface area contributed by atoms with Crippen molar-refractivity contribution in [1.29, 1.82) is 0 Å². The first kappa shape index (κ1) is 13.4. The van der Waals surface area contributed by atoms with Crippen molar-refractivity contribution >= 4 is 0 Å². The fraction of sp³-hybridized carbons (Fsp3) is 1.00. The first-order chi connectivity index (χ1) is 8.38. The van der Waals surface area contributed by atoms with E-state index in [1.165, 1.54) is 77.5 Å². The predicted octanol–water partition coefficient (Wildman–Crippen LogP) is 3.03. The summed E-state index contributed by atoms with van der Waals surface area (Å²) in [5.74, 6) is 1.01. The smallest absolute Gasteiger partial charge is 0.00675 e. The van der Waals surface area contributed by atoms with E-state index in [0.29, 0.717) is 0 Å². The zero-order valence-corrected chi connectivity index (χ0v) is 11.6. The van der Waals surface area contributed by atoms with E-state index in [1.54, 1.807) is 0 Å². The number of nitrogens with one attached hydrogen (secondary N) is 1. The highest BCUT2D eigenvalue weighted by atomic mass is 15.1. The van der Waals surface area contributed by atoms with Gasteiger partial charge in [0.15, 0.2) is 0 Å². The van der Waals surface area contributed by atoms with Crippen molar-refractivity contribution in [2.24, 2.45) is 5.92 Å². The maximum Gasteiger partial charge on any atom is 0.00675 e. The van der Waals surface area contributed by atoms with Gasteiger partial charge in [0.25, 0.3) is 0 Å². The largest absolute Gasteiger partial charge is 0.314 e. The standard InChI is InChI=1S/C15H30N2/c1-2-6-14-9-12-17(13-14)11-5-8-15-7-3-4-10-16-15/h14-16H,2-13H2,1H3. The van der Waals surface area contributed by atoms with E-state index in [9.17, 15) is 0 Å². The Morgan fingerprint density at radius 1 is 1.18 bits per heavy atom. The lowest BCUT2D eigenvalue weighted by Crippen LogP contribution is -2.34. The highest BCUT2D eigenvalue weighted by molar-refractivity contribution is 4.77. The van der Waals surface area contributed by atoms with Crippen LogP contribution in [0.5, 0.6) is 0 Å². The van der Waals surface area contributed by atoms with Gasteiger partial charge in [-0.1, -0.05) is 19.8 Å². The summed E-state index contributed by atoms with van der Waals surface area (Å²) < 4.78 is 0. The van der Waals surface area contributed by atoms with Crippen LogP contribution in [0.1, 0.15) is 58.3 Å². The molecule has 0 spiro atoms. The third-order valence-corrected chi connectivity index (χ3v) is 4.51. The Morgan fingerprint density at radius 2 is 2.12 bits per heavy atom. The fourth-order valence-electron chi connectivity index (χ4n) is 3.49. The van der Waals surface area contributed by atoms with Crippen LogP contribution in [0, 0.1) is 5.92 Å². The molecule has 0 saturated carbocycles. The summed E-state index contributed by atoms with van der Waals surface area (Å²) in [6.45, 7) is 7.66. The Balaban J connectivity index is 1.53. The molecule has 2 unspecified atom stereocenters. The minimum absolute atomic E-state index is 0.831. The molecule has 0 amide bonds. The van der Waals surface area contributed by atoms with Gasteiger partial charge >= 0.3 is 0 Å². The molecule has 0 aromatic carbocycles. The van der Waals surface area contributed by atoms with Crippen molar-refractivity contribution in [2.45, 2.75) is 64.3 Å². The van der Waals surface area contributed by atoms with Crippen LogP contribution < -0.4 is 5.32 Å². The van der Waals surface area contributed by atoms with Crippen LogP contribution in [0.15, 0.2) is 0 Å². The van der Waals surface area contributed by atoms with E-state index in [0.717, 1.165) is 12.0 Å². The van der Waals surface area contributed by atoms with Crippen molar-refractivity contribution < 1.29 is 0 Å². The summed E-state index contributed by atoms with van der Waals surface area (Å²) in [7, 11) is 0. The molecule has 2 aliphatic rings. The van der Waals surface area contributed by atoms with Crippen LogP contribution >= 0.6 is 0 Å². The zero-order valence-electron chi connectivity index (χ0n) is 11.6. The number of piperidine rings is 1. The molecule has 2 rings (SSSR count). The van der Waals surface area contributed by atoms with Gasteiger partial charge in [-0.15, -0.1) is 0 Å². The van der Waals surface area contributed by atoms with Gasteiger partial charge in [0.05, 0.1) is 0 Å². The van der Waals surface area contributed by atoms with Gasteiger partial charge in [-0.3, -0.25) is 0 Å². The van der Waals surface area contributed by atoms with Gasteiger partial charge in [-0.05, 0) is 64.1 Å². The molecule has 0 aromatic rings. The van der Waals surface area contributed by atoms with Crippen molar-refractivity contribution in [3.63, 3.8) is 0 Å². The first-order valence-electron chi connectivity index (χ1n) is 7.84. The van der Waals surface area contributed by atoms with E-state index >= 15 is 0 Å². The van der Waals surface area contributed by atoms with Gasteiger partial charge in [-0.2, -0.15) is 0 Å². The minimum Gasteiger partial charge on any atom is -0.314 e. The maximum atomic E-state index is 3.66. The summed E-state index contributed by atoms with van der Waals surface area (Å²) in [5.41, 5.74) is 0. The minimum atomic E-state index is 0.831.